The van der Waals surface area contributed by atoms with E-state index in [-0.39, 0.29) is 17.4 Å². The molecule has 0 heterocycles. The van der Waals surface area contributed by atoms with Gasteiger partial charge in [0.25, 0.3) is 0 Å². The maximum absolute atomic E-state index is 11.2. The maximum atomic E-state index is 11.2. The second-order valence-electron chi connectivity index (χ2n) is 8.89. The highest BCUT2D eigenvalue weighted by atomic mass is 16.5. The van der Waals surface area contributed by atoms with Gasteiger partial charge in [0.1, 0.15) is 0 Å². The molecule has 156 valence electrons. The summed E-state index contributed by atoms with van der Waals surface area (Å²) < 4.78 is 5.59. The molecule has 1 spiro atoms. The van der Waals surface area contributed by atoms with Crippen LogP contribution < -0.4 is 5.73 Å². The summed E-state index contributed by atoms with van der Waals surface area (Å²) in [5.74, 6) is 7.41. The first kappa shape index (κ1) is 21.4. The van der Waals surface area contributed by atoms with Crippen molar-refractivity contribution >= 4 is 12.4 Å². The Bertz CT molecular complexity index is 826. The van der Waals surface area contributed by atoms with Gasteiger partial charge < -0.3 is 10.5 Å². The van der Waals surface area contributed by atoms with Crippen LogP contribution in [0.3, 0.4) is 0 Å². The van der Waals surface area contributed by atoms with Crippen LogP contribution in [0, 0.1) is 23.2 Å². The Balaban J connectivity index is 1.97. The number of methoxy groups -OCH3 is 1. The van der Waals surface area contributed by atoms with Crippen LogP contribution in [0.5, 0.6) is 0 Å². The summed E-state index contributed by atoms with van der Waals surface area (Å²) in [6, 6.07) is 6.45. The molecule has 3 rings (SSSR count). The second kappa shape index (κ2) is 9.00. The Morgan fingerprint density at radius 1 is 1.41 bits per heavy atom. The quantitative estimate of drug-likeness (QED) is 0.366. The highest BCUT2D eigenvalue weighted by molar-refractivity contribution is 5.87. The molecule has 1 aromatic rings. The van der Waals surface area contributed by atoms with Gasteiger partial charge in [-0.25, -0.2) is 4.99 Å². The van der Waals surface area contributed by atoms with Gasteiger partial charge in [-0.05, 0) is 61.3 Å². The predicted molar refractivity (Wildman–Crippen MR) is 116 cm³/mol. The van der Waals surface area contributed by atoms with Gasteiger partial charge in [0.15, 0.2) is 5.96 Å². The lowest BCUT2D eigenvalue weighted by atomic mass is 9.68. The molecular formula is C24H33N3O2. The van der Waals surface area contributed by atoms with Gasteiger partial charge in [-0.2, -0.15) is 0 Å². The van der Waals surface area contributed by atoms with Gasteiger partial charge in [0.2, 0.25) is 6.41 Å². The Labute approximate surface area is 174 Å². The van der Waals surface area contributed by atoms with Crippen molar-refractivity contribution in [3.05, 3.63) is 34.9 Å². The molecule has 0 aliphatic heterocycles. The monoisotopic (exact) mass is 395 g/mol. The molecule has 1 unspecified atom stereocenters. The minimum atomic E-state index is -0.0513. The van der Waals surface area contributed by atoms with E-state index in [0.29, 0.717) is 18.4 Å². The maximum Gasteiger partial charge on any atom is 0.216 e. The van der Waals surface area contributed by atoms with Crippen LogP contribution in [0.4, 0.5) is 0 Å². The van der Waals surface area contributed by atoms with Gasteiger partial charge >= 0.3 is 0 Å². The lowest BCUT2D eigenvalue weighted by Gasteiger charge is -2.40. The second-order valence-corrected chi connectivity index (χ2v) is 8.89. The summed E-state index contributed by atoms with van der Waals surface area (Å²) >= 11 is 0. The van der Waals surface area contributed by atoms with Crippen LogP contribution in [0.1, 0.15) is 68.7 Å². The van der Waals surface area contributed by atoms with Crippen LogP contribution in [0.2, 0.25) is 0 Å². The predicted octanol–water partition coefficient (Wildman–Crippen LogP) is 3.66. The Morgan fingerprint density at radius 2 is 2.14 bits per heavy atom. The van der Waals surface area contributed by atoms with Crippen LogP contribution in [-0.4, -0.2) is 37.5 Å². The van der Waals surface area contributed by atoms with Crippen LogP contribution in [0.15, 0.2) is 23.2 Å². The summed E-state index contributed by atoms with van der Waals surface area (Å²) in [4.78, 5) is 17.4. The summed E-state index contributed by atoms with van der Waals surface area (Å²) in [7, 11) is 3.44. The average Bonchev–Trinajstić information content (AvgIpc) is 3.00. The number of nitrogens with zero attached hydrogens (tertiary/aromatic N) is 2. The number of hydrogen-bond acceptors (Lipinski definition) is 3. The van der Waals surface area contributed by atoms with Gasteiger partial charge in [0.05, 0.1) is 12.1 Å². The molecule has 1 atom stereocenters. The number of rotatable bonds is 4. The number of carbonyl (C=O) groups excluding carboxylic acids is 1. The number of carbonyl (C=O) groups is 1. The van der Waals surface area contributed by atoms with E-state index in [2.05, 4.69) is 43.9 Å². The molecule has 0 saturated heterocycles. The van der Waals surface area contributed by atoms with Gasteiger partial charge in [-0.3, -0.25) is 9.69 Å². The molecule has 0 aromatic heterocycles. The third-order valence-corrected chi connectivity index (χ3v) is 6.35. The Kier molecular flexibility index (Phi) is 6.64. The van der Waals surface area contributed by atoms with E-state index in [1.54, 1.807) is 14.2 Å². The molecule has 0 radical (unpaired) electrons. The average molecular weight is 396 g/mol. The molecule has 2 aliphatic rings. The van der Waals surface area contributed by atoms with Crippen molar-refractivity contribution in [3.8, 4) is 11.8 Å². The van der Waals surface area contributed by atoms with E-state index >= 15 is 0 Å². The topological polar surface area (TPSA) is 67.9 Å². The lowest BCUT2D eigenvalue weighted by molar-refractivity contribution is -0.114. The fourth-order valence-corrected chi connectivity index (χ4v) is 4.59. The zero-order valence-electron chi connectivity index (χ0n) is 18.1. The molecule has 1 aromatic carbocycles. The van der Waals surface area contributed by atoms with Crippen molar-refractivity contribution in [1.29, 1.82) is 0 Å². The van der Waals surface area contributed by atoms with E-state index < -0.39 is 0 Å². The first-order chi connectivity index (χ1) is 13.9. The fraction of sp³-hybridized carbons (Fsp3) is 0.583. The number of benzene rings is 1. The number of hydrogen-bond donors (Lipinski definition) is 1. The fourth-order valence-electron chi connectivity index (χ4n) is 4.59. The highest BCUT2D eigenvalue weighted by Gasteiger charge is 2.48. The Morgan fingerprint density at radius 3 is 2.76 bits per heavy atom. The van der Waals surface area contributed by atoms with E-state index in [1.165, 1.54) is 16.0 Å². The number of aliphatic imine (C=N–C) groups is 1. The van der Waals surface area contributed by atoms with Crippen molar-refractivity contribution < 1.29 is 9.53 Å². The molecule has 1 saturated carbocycles. The van der Waals surface area contributed by atoms with Gasteiger partial charge in [-0.1, -0.05) is 31.8 Å². The first-order valence-electron chi connectivity index (χ1n) is 10.5. The number of ether oxygens (including phenoxy) is 1. The highest BCUT2D eigenvalue weighted by Crippen LogP contribution is 2.56. The molecule has 1 fully saturated rings. The number of amides is 1. The number of nitrogens with two attached hydrogens (primary N) is 1. The summed E-state index contributed by atoms with van der Waals surface area (Å²) in [6.07, 6.45) is 7.05. The third-order valence-electron chi connectivity index (χ3n) is 6.35. The van der Waals surface area contributed by atoms with Crippen LogP contribution >= 0.6 is 0 Å². The van der Waals surface area contributed by atoms with Crippen molar-refractivity contribution in [2.75, 3.05) is 14.2 Å². The van der Waals surface area contributed by atoms with Gasteiger partial charge in [-0.15, -0.1) is 0 Å². The number of guanidine groups is 1. The normalized spacial score (nSPS) is 26.2. The zero-order valence-corrected chi connectivity index (χ0v) is 18.1. The smallest absolute Gasteiger partial charge is 0.216 e. The van der Waals surface area contributed by atoms with E-state index in [1.807, 2.05) is 0 Å². The zero-order chi connectivity index (χ0) is 21.0. The Hall–Kier alpha value is -2.32. The van der Waals surface area contributed by atoms with E-state index in [9.17, 15) is 4.79 Å². The van der Waals surface area contributed by atoms with Gasteiger partial charge in [0, 0.05) is 31.6 Å². The largest absolute Gasteiger partial charge is 0.381 e. The molecule has 5 heteroatoms. The summed E-state index contributed by atoms with van der Waals surface area (Å²) in [5, 5.41) is 0. The lowest BCUT2D eigenvalue weighted by Crippen LogP contribution is -2.37. The third kappa shape index (κ3) is 4.64. The van der Waals surface area contributed by atoms with Crippen LogP contribution in [0.25, 0.3) is 0 Å². The summed E-state index contributed by atoms with van der Waals surface area (Å²) in [6.45, 7) is 4.35. The molecular weight excluding hydrogens is 362 g/mol. The standard InChI is InChI=1S/C24H33N3O2/c1-17(2)6-5-7-18-8-9-19-15-24(12-10-20(29-4)11-13-24)22(21(19)14-18)26-23(25)27(3)16-28/h8-9,14,16-17,20,22H,6,10-13,15H2,1-4H3,(H2,25,26). The minimum Gasteiger partial charge on any atom is -0.381 e. The summed E-state index contributed by atoms with van der Waals surface area (Å²) in [5.41, 5.74) is 9.74. The molecule has 5 nitrogen and oxygen atoms in total. The molecule has 2 aliphatic carbocycles. The van der Waals surface area contributed by atoms with Crippen molar-refractivity contribution in [2.24, 2.45) is 22.1 Å². The van der Waals surface area contributed by atoms with Crippen LogP contribution in [-0.2, 0) is 16.0 Å². The van der Waals surface area contributed by atoms with E-state index in [0.717, 1.165) is 44.1 Å². The molecule has 1 amide bonds. The first-order valence-corrected chi connectivity index (χ1v) is 10.5. The minimum absolute atomic E-state index is 0.0374. The van der Waals surface area contributed by atoms with E-state index in [4.69, 9.17) is 15.5 Å². The SMILES string of the molecule is COC1CCC2(CC1)Cc1ccc(C#CCC(C)C)cc1C2N=C(N)N(C)C=O. The van der Waals surface area contributed by atoms with Crippen molar-refractivity contribution in [3.63, 3.8) is 0 Å². The van der Waals surface area contributed by atoms with Crippen molar-refractivity contribution in [2.45, 2.75) is 64.5 Å². The number of fused-ring (bicyclic) bond motifs is 1. The molecule has 29 heavy (non-hydrogen) atoms. The molecule has 0 bridgehead atoms. The molecule has 2 N–H and O–H groups in total. The van der Waals surface area contributed by atoms with Crippen molar-refractivity contribution in [1.82, 2.24) is 4.90 Å².